The lowest BCUT2D eigenvalue weighted by Crippen LogP contribution is -2.43. The molecule has 3 N–H and O–H groups in total. The molecule has 4 aromatic rings. The first-order valence-electron chi connectivity index (χ1n) is 8.80. The molecule has 4 rings (SSSR count). The Morgan fingerprint density at radius 3 is 1.43 bits per heavy atom. The monoisotopic (exact) mass is 367 g/mol. The number of hydrogen-bond acceptors (Lipinski definition) is 3. The largest absolute Gasteiger partial charge is 0.292 e. The summed E-state index contributed by atoms with van der Waals surface area (Å²) in [6, 6.07) is 25.8. The minimum Gasteiger partial charge on any atom is -0.292 e. The van der Waals surface area contributed by atoms with Gasteiger partial charge in [0.2, 0.25) is 5.96 Å². The van der Waals surface area contributed by atoms with Crippen LogP contribution in [-0.4, -0.2) is 17.8 Å². The zero-order valence-corrected chi connectivity index (χ0v) is 14.9. The second kappa shape index (κ2) is 7.32. The molecule has 0 spiro atoms. The second-order valence-electron chi connectivity index (χ2n) is 6.34. The van der Waals surface area contributed by atoms with Crippen molar-refractivity contribution in [2.24, 2.45) is 0 Å². The molecule has 5 nitrogen and oxygen atoms in total. The van der Waals surface area contributed by atoms with E-state index < -0.39 is 11.8 Å². The zero-order chi connectivity index (χ0) is 19.5. The first kappa shape index (κ1) is 17.4. The van der Waals surface area contributed by atoms with Gasteiger partial charge in [0.05, 0.1) is 0 Å². The summed E-state index contributed by atoms with van der Waals surface area (Å²) in [4.78, 5) is 25.2. The van der Waals surface area contributed by atoms with Gasteiger partial charge in [-0.05, 0) is 33.7 Å². The average Bonchev–Trinajstić information content (AvgIpc) is 2.72. The minimum absolute atomic E-state index is 0.365. The average molecular weight is 367 g/mol. The SMILES string of the molecule is N=C(NC(=O)c1cccc2ccccc12)NC(=O)c1cccc2ccccc12. The maximum Gasteiger partial charge on any atom is 0.258 e. The standard InChI is InChI=1S/C23H17N3O2/c24-23(25-21(27)19-13-5-9-15-7-1-3-11-17(15)19)26-22(28)20-14-6-10-16-8-2-4-12-18(16)20/h1-14H,(H3,24,25,26,27,28). The highest BCUT2D eigenvalue weighted by molar-refractivity contribution is 6.17. The molecule has 0 heterocycles. The lowest BCUT2D eigenvalue weighted by molar-refractivity contribution is 0.0968. The van der Waals surface area contributed by atoms with Crippen molar-refractivity contribution in [1.82, 2.24) is 10.6 Å². The van der Waals surface area contributed by atoms with Gasteiger partial charge in [0.1, 0.15) is 0 Å². The molecule has 0 aliphatic carbocycles. The van der Waals surface area contributed by atoms with E-state index in [2.05, 4.69) is 10.6 Å². The number of rotatable bonds is 2. The van der Waals surface area contributed by atoms with Crippen molar-refractivity contribution in [2.75, 3.05) is 0 Å². The van der Waals surface area contributed by atoms with Crippen molar-refractivity contribution in [2.45, 2.75) is 0 Å². The van der Waals surface area contributed by atoms with Gasteiger partial charge < -0.3 is 0 Å². The topological polar surface area (TPSA) is 82.1 Å². The number of carbonyl (C=O) groups is 2. The Bertz CT molecular complexity index is 1120. The van der Waals surface area contributed by atoms with Gasteiger partial charge >= 0.3 is 0 Å². The van der Waals surface area contributed by atoms with Gasteiger partial charge in [-0.2, -0.15) is 0 Å². The molecule has 0 atom stereocenters. The normalized spacial score (nSPS) is 10.6. The van der Waals surface area contributed by atoms with Crippen LogP contribution >= 0.6 is 0 Å². The van der Waals surface area contributed by atoms with E-state index in [0.717, 1.165) is 21.5 Å². The highest BCUT2D eigenvalue weighted by Crippen LogP contribution is 2.19. The summed E-state index contributed by atoms with van der Waals surface area (Å²) in [5, 5.41) is 16.3. The van der Waals surface area contributed by atoms with Gasteiger partial charge in [0.15, 0.2) is 0 Å². The van der Waals surface area contributed by atoms with Gasteiger partial charge in [-0.3, -0.25) is 25.6 Å². The van der Waals surface area contributed by atoms with E-state index in [-0.39, 0.29) is 5.96 Å². The summed E-state index contributed by atoms with van der Waals surface area (Å²) in [6.45, 7) is 0. The molecule has 0 fully saturated rings. The van der Waals surface area contributed by atoms with Gasteiger partial charge in [-0.15, -0.1) is 0 Å². The third-order valence-corrected chi connectivity index (χ3v) is 4.55. The lowest BCUT2D eigenvalue weighted by Gasteiger charge is -2.11. The molecule has 0 aliphatic heterocycles. The van der Waals surface area contributed by atoms with Crippen LogP contribution in [0.4, 0.5) is 0 Å². The fourth-order valence-corrected chi connectivity index (χ4v) is 3.24. The molecule has 0 saturated heterocycles. The Balaban J connectivity index is 1.52. The van der Waals surface area contributed by atoms with E-state index in [0.29, 0.717) is 11.1 Å². The van der Waals surface area contributed by atoms with Crippen LogP contribution in [0.15, 0.2) is 84.9 Å². The predicted octanol–water partition coefficient (Wildman–Crippen LogP) is 4.09. The van der Waals surface area contributed by atoms with Crippen molar-refractivity contribution in [3.05, 3.63) is 96.1 Å². The van der Waals surface area contributed by atoms with E-state index in [4.69, 9.17) is 5.41 Å². The van der Waals surface area contributed by atoms with Crippen LogP contribution in [0.2, 0.25) is 0 Å². The van der Waals surface area contributed by atoms with E-state index in [1.807, 2.05) is 60.7 Å². The highest BCUT2D eigenvalue weighted by Gasteiger charge is 2.15. The Morgan fingerprint density at radius 2 is 0.964 bits per heavy atom. The minimum atomic E-state index is -0.444. The van der Waals surface area contributed by atoms with Crippen LogP contribution in [0.5, 0.6) is 0 Å². The van der Waals surface area contributed by atoms with E-state index in [9.17, 15) is 9.59 Å². The van der Waals surface area contributed by atoms with Crippen molar-refractivity contribution < 1.29 is 9.59 Å². The van der Waals surface area contributed by atoms with E-state index >= 15 is 0 Å². The molecular formula is C23H17N3O2. The quantitative estimate of drug-likeness (QED) is 0.368. The molecule has 0 aliphatic rings. The van der Waals surface area contributed by atoms with Crippen molar-refractivity contribution in [3.8, 4) is 0 Å². The Hall–Kier alpha value is -3.99. The molecule has 4 aromatic carbocycles. The molecule has 0 saturated carbocycles. The van der Waals surface area contributed by atoms with Crippen LogP contribution in [0.1, 0.15) is 20.7 Å². The van der Waals surface area contributed by atoms with E-state index in [1.165, 1.54) is 0 Å². The molecule has 28 heavy (non-hydrogen) atoms. The maximum atomic E-state index is 12.6. The lowest BCUT2D eigenvalue weighted by atomic mass is 10.0. The molecule has 136 valence electrons. The summed E-state index contributed by atoms with van der Waals surface area (Å²) in [7, 11) is 0. The maximum absolute atomic E-state index is 12.6. The summed E-state index contributed by atoms with van der Waals surface area (Å²) < 4.78 is 0. The highest BCUT2D eigenvalue weighted by atomic mass is 16.2. The molecule has 0 radical (unpaired) electrons. The molecule has 0 unspecified atom stereocenters. The zero-order valence-electron chi connectivity index (χ0n) is 14.9. The number of benzene rings is 4. The second-order valence-corrected chi connectivity index (χ2v) is 6.34. The molecule has 0 aromatic heterocycles. The smallest absolute Gasteiger partial charge is 0.258 e. The van der Waals surface area contributed by atoms with Crippen molar-refractivity contribution >= 4 is 39.3 Å². The van der Waals surface area contributed by atoms with Crippen LogP contribution in [-0.2, 0) is 0 Å². The van der Waals surface area contributed by atoms with Crippen molar-refractivity contribution in [3.63, 3.8) is 0 Å². The number of guanidine groups is 1. The van der Waals surface area contributed by atoms with E-state index in [1.54, 1.807) is 24.3 Å². The Kier molecular flexibility index (Phi) is 4.56. The van der Waals surface area contributed by atoms with Crippen molar-refractivity contribution in [1.29, 1.82) is 5.41 Å². The van der Waals surface area contributed by atoms with Gasteiger partial charge in [-0.1, -0.05) is 72.8 Å². The summed E-state index contributed by atoms with van der Waals surface area (Å²) in [5.41, 5.74) is 0.893. The fourth-order valence-electron chi connectivity index (χ4n) is 3.24. The number of fused-ring (bicyclic) bond motifs is 2. The fraction of sp³-hybridized carbons (Fsp3) is 0. The third kappa shape index (κ3) is 3.33. The third-order valence-electron chi connectivity index (χ3n) is 4.55. The Morgan fingerprint density at radius 1 is 0.571 bits per heavy atom. The van der Waals surface area contributed by atoms with Crippen LogP contribution in [0.25, 0.3) is 21.5 Å². The number of amides is 2. The summed E-state index contributed by atoms with van der Waals surface area (Å²) >= 11 is 0. The van der Waals surface area contributed by atoms with Gasteiger partial charge in [0.25, 0.3) is 11.8 Å². The number of nitrogens with one attached hydrogen (secondary N) is 3. The van der Waals surface area contributed by atoms with Gasteiger partial charge in [-0.25, -0.2) is 0 Å². The molecular weight excluding hydrogens is 350 g/mol. The summed E-state index contributed by atoms with van der Waals surface area (Å²) in [6.07, 6.45) is 0. The van der Waals surface area contributed by atoms with Crippen LogP contribution < -0.4 is 10.6 Å². The molecule has 2 amide bonds. The first-order valence-corrected chi connectivity index (χ1v) is 8.80. The van der Waals surface area contributed by atoms with Crippen LogP contribution in [0.3, 0.4) is 0 Å². The summed E-state index contributed by atoms with van der Waals surface area (Å²) in [5.74, 6) is -1.25. The first-order chi connectivity index (χ1) is 13.6. The Labute approximate surface area is 161 Å². The van der Waals surface area contributed by atoms with Crippen LogP contribution in [0, 0.1) is 5.41 Å². The van der Waals surface area contributed by atoms with Gasteiger partial charge in [0, 0.05) is 11.1 Å². The predicted molar refractivity (Wildman–Crippen MR) is 111 cm³/mol. The molecule has 0 bridgehead atoms. The number of carbonyl (C=O) groups excluding carboxylic acids is 2. The number of hydrogen-bond donors (Lipinski definition) is 3. The molecule has 5 heteroatoms.